The van der Waals surface area contributed by atoms with Crippen LogP contribution in [0.5, 0.6) is 5.88 Å². The van der Waals surface area contributed by atoms with Crippen LogP contribution in [-0.2, 0) is 4.74 Å². The smallest absolute Gasteiger partial charge is 0.263 e. The van der Waals surface area contributed by atoms with Crippen molar-refractivity contribution in [3.8, 4) is 28.7 Å². The first-order valence-electron chi connectivity index (χ1n) is 6.94. The molecule has 0 radical (unpaired) electrons. The Hall–Kier alpha value is -2.44. The van der Waals surface area contributed by atoms with Crippen LogP contribution in [0.15, 0.2) is 47.1 Å². The summed E-state index contributed by atoms with van der Waals surface area (Å²) >= 11 is 5.99. The third-order valence-corrected chi connectivity index (χ3v) is 3.27. The molecular weight excluding hydrogens is 318 g/mol. The van der Waals surface area contributed by atoms with E-state index in [4.69, 9.17) is 25.6 Å². The normalized spacial score (nSPS) is 10.7. The van der Waals surface area contributed by atoms with Gasteiger partial charge < -0.3 is 14.0 Å². The molecule has 0 saturated carbocycles. The van der Waals surface area contributed by atoms with Crippen molar-refractivity contribution in [2.24, 2.45) is 0 Å². The lowest BCUT2D eigenvalue weighted by Crippen LogP contribution is -2.06. The van der Waals surface area contributed by atoms with Crippen molar-refractivity contribution in [2.75, 3.05) is 20.3 Å². The molecule has 2 heterocycles. The fourth-order valence-electron chi connectivity index (χ4n) is 1.97. The molecule has 0 spiro atoms. The van der Waals surface area contributed by atoms with Gasteiger partial charge in [0, 0.05) is 23.9 Å². The number of benzene rings is 1. The largest absolute Gasteiger partial charge is 0.475 e. The summed E-state index contributed by atoms with van der Waals surface area (Å²) < 4.78 is 15.9. The Balaban J connectivity index is 1.88. The summed E-state index contributed by atoms with van der Waals surface area (Å²) in [5.41, 5.74) is 1.41. The van der Waals surface area contributed by atoms with E-state index in [0.29, 0.717) is 41.4 Å². The molecule has 0 bridgehead atoms. The first-order valence-corrected chi connectivity index (χ1v) is 7.32. The van der Waals surface area contributed by atoms with Crippen LogP contribution in [0.3, 0.4) is 0 Å². The van der Waals surface area contributed by atoms with E-state index in [1.807, 2.05) is 18.2 Å². The average molecular weight is 332 g/mol. The minimum atomic E-state index is 0.334. The molecule has 118 valence electrons. The van der Waals surface area contributed by atoms with Crippen LogP contribution in [0.2, 0.25) is 5.02 Å². The highest BCUT2D eigenvalue weighted by molar-refractivity contribution is 6.30. The number of hydrogen-bond acceptors (Lipinski definition) is 6. The van der Waals surface area contributed by atoms with Crippen molar-refractivity contribution < 1.29 is 14.0 Å². The zero-order chi connectivity index (χ0) is 16.1. The maximum absolute atomic E-state index is 5.99. The van der Waals surface area contributed by atoms with Gasteiger partial charge >= 0.3 is 0 Å². The van der Waals surface area contributed by atoms with Crippen LogP contribution in [0, 0.1) is 0 Å². The van der Waals surface area contributed by atoms with Gasteiger partial charge in [0.05, 0.1) is 6.61 Å². The standard InChI is InChI=1S/C16H14ClN3O3/c1-21-8-9-22-15-13(6-3-7-18-15)16-19-14(20-23-16)11-4-2-5-12(17)10-11/h2-7,10H,8-9H2,1H3. The van der Waals surface area contributed by atoms with Gasteiger partial charge in [-0.05, 0) is 24.3 Å². The number of ether oxygens (including phenoxy) is 2. The topological polar surface area (TPSA) is 70.3 Å². The molecule has 3 rings (SSSR count). The van der Waals surface area contributed by atoms with Gasteiger partial charge in [-0.1, -0.05) is 28.9 Å². The van der Waals surface area contributed by atoms with Crippen LogP contribution >= 0.6 is 11.6 Å². The van der Waals surface area contributed by atoms with Crippen LogP contribution in [-0.4, -0.2) is 35.4 Å². The van der Waals surface area contributed by atoms with E-state index in [1.54, 1.807) is 31.5 Å². The lowest BCUT2D eigenvalue weighted by atomic mass is 10.2. The van der Waals surface area contributed by atoms with E-state index >= 15 is 0 Å². The quantitative estimate of drug-likeness (QED) is 0.644. The van der Waals surface area contributed by atoms with E-state index in [1.165, 1.54) is 0 Å². The maximum atomic E-state index is 5.99. The number of halogens is 1. The molecule has 7 heteroatoms. The molecule has 0 amide bonds. The fraction of sp³-hybridized carbons (Fsp3) is 0.188. The van der Waals surface area contributed by atoms with Crippen molar-refractivity contribution in [1.29, 1.82) is 0 Å². The van der Waals surface area contributed by atoms with Gasteiger partial charge in [-0.2, -0.15) is 4.98 Å². The van der Waals surface area contributed by atoms with Gasteiger partial charge in [0.2, 0.25) is 11.7 Å². The monoisotopic (exact) mass is 331 g/mol. The van der Waals surface area contributed by atoms with Gasteiger partial charge in [-0.3, -0.25) is 0 Å². The van der Waals surface area contributed by atoms with Crippen molar-refractivity contribution >= 4 is 11.6 Å². The SMILES string of the molecule is COCCOc1ncccc1-c1nc(-c2cccc(Cl)c2)no1. The third-order valence-electron chi connectivity index (χ3n) is 3.04. The Morgan fingerprint density at radius 1 is 1.17 bits per heavy atom. The summed E-state index contributed by atoms with van der Waals surface area (Å²) in [6.45, 7) is 0.851. The summed E-state index contributed by atoms with van der Waals surface area (Å²) in [4.78, 5) is 8.59. The summed E-state index contributed by atoms with van der Waals surface area (Å²) in [5.74, 6) is 1.21. The van der Waals surface area contributed by atoms with E-state index in [9.17, 15) is 0 Å². The fourth-order valence-corrected chi connectivity index (χ4v) is 2.16. The van der Waals surface area contributed by atoms with Crippen LogP contribution in [0.4, 0.5) is 0 Å². The molecule has 23 heavy (non-hydrogen) atoms. The molecular formula is C16H14ClN3O3. The van der Waals surface area contributed by atoms with Gasteiger partial charge in [0.1, 0.15) is 12.2 Å². The van der Waals surface area contributed by atoms with E-state index in [0.717, 1.165) is 5.56 Å². The Morgan fingerprint density at radius 3 is 2.91 bits per heavy atom. The van der Waals surface area contributed by atoms with E-state index < -0.39 is 0 Å². The summed E-state index contributed by atoms with van der Waals surface area (Å²) in [6.07, 6.45) is 1.64. The highest BCUT2D eigenvalue weighted by atomic mass is 35.5. The Morgan fingerprint density at radius 2 is 2.09 bits per heavy atom. The zero-order valence-electron chi connectivity index (χ0n) is 12.4. The first-order chi connectivity index (χ1) is 11.3. The predicted octanol–water partition coefficient (Wildman–Crippen LogP) is 3.48. The number of pyridine rings is 1. The van der Waals surface area contributed by atoms with E-state index in [2.05, 4.69) is 15.1 Å². The molecule has 0 aliphatic carbocycles. The van der Waals surface area contributed by atoms with Crippen LogP contribution < -0.4 is 4.74 Å². The molecule has 0 unspecified atom stereocenters. The molecule has 1 aromatic carbocycles. The predicted molar refractivity (Wildman–Crippen MR) is 85.3 cm³/mol. The van der Waals surface area contributed by atoms with Crippen molar-refractivity contribution in [2.45, 2.75) is 0 Å². The highest BCUT2D eigenvalue weighted by Crippen LogP contribution is 2.28. The third kappa shape index (κ3) is 3.67. The molecule has 0 saturated heterocycles. The summed E-state index contributed by atoms with van der Waals surface area (Å²) in [6, 6.07) is 10.8. The van der Waals surface area contributed by atoms with Crippen molar-refractivity contribution in [1.82, 2.24) is 15.1 Å². The number of methoxy groups -OCH3 is 1. The summed E-state index contributed by atoms with van der Waals surface area (Å²) in [7, 11) is 1.61. The minimum absolute atomic E-state index is 0.334. The summed E-state index contributed by atoms with van der Waals surface area (Å²) in [5, 5.41) is 4.60. The molecule has 3 aromatic rings. The van der Waals surface area contributed by atoms with E-state index in [-0.39, 0.29) is 0 Å². The highest BCUT2D eigenvalue weighted by Gasteiger charge is 2.16. The lowest BCUT2D eigenvalue weighted by molar-refractivity contribution is 0.144. The molecule has 0 atom stereocenters. The number of hydrogen-bond donors (Lipinski definition) is 0. The molecule has 0 fully saturated rings. The number of aromatic nitrogens is 3. The molecule has 0 aliphatic heterocycles. The Labute approximate surface area is 138 Å². The van der Waals surface area contributed by atoms with Crippen LogP contribution in [0.25, 0.3) is 22.8 Å². The minimum Gasteiger partial charge on any atom is -0.475 e. The Kier molecular flexibility index (Phi) is 4.85. The number of rotatable bonds is 6. The van der Waals surface area contributed by atoms with Gasteiger partial charge in [-0.25, -0.2) is 4.98 Å². The molecule has 0 N–H and O–H groups in total. The van der Waals surface area contributed by atoms with Gasteiger partial charge in [0.15, 0.2) is 0 Å². The van der Waals surface area contributed by atoms with Crippen LogP contribution in [0.1, 0.15) is 0 Å². The first kappa shape index (κ1) is 15.5. The Bertz CT molecular complexity index is 792. The molecule has 6 nitrogen and oxygen atoms in total. The molecule has 2 aromatic heterocycles. The number of nitrogens with zero attached hydrogens (tertiary/aromatic N) is 3. The average Bonchev–Trinajstić information content (AvgIpc) is 3.05. The van der Waals surface area contributed by atoms with Gasteiger partial charge in [-0.15, -0.1) is 0 Å². The maximum Gasteiger partial charge on any atom is 0.263 e. The molecule has 0 aliphatic rings. The van der Waals surface area contributed by atoms with Gasteiger partial charge in [0.25, 0.3) is 5.89 Å². The second-order valence-electron chi connectivity index (χ2n) is 4.63. The van der Waals surface area contributed by atoms with Crippen molar-refractivity contribution in [3.05, 3.63) is 47.6 Å². The zero-order valence-corrected chi connectivity index (χ0v) is 13.2. The van der Waals surface area contributed by atoms with Crippen molar-refractivity contribution in [3.63, 3.8) is 0 Å². The second-order valence-corrected chi connectivity index (χ2v) is 5.07. The lowest BCUT2D eigenvalue weighted by Gasteiger charge is -2.06. The second kappa shape index (κ2) is 7.21.